The van der Waals surface area contributed by atoms with Crippen LogP contribution in [0.15, 0.2) is 60.7 Å². The minimum absolute atomic E-state index is 0.229. The Bertz CT molecular complexity index is 470. The van der Waals surface area contributed by atoms with Gasteiger partial charge in [-0.05, 0) is 38.1 Å². The molecule has 2 aromatic carbocycles. The highest BCUT2D eigenvalue weighted by Crippen LogP contribution is 2.21. The Morgan fingerprint density at radius 3 is 1.55 bits per heavy atom. The summed E-state index contributed by atoms with van der Waals surface area (Å²) in [5.41, 5.74) is 0. The fraction of sp³-hybridized carbons (Fsp3) is 0.294. The van der Waals surface area contributed by atoms with E-state index in [1.807, 2.05) is 67.6 Å². The Morgan fingerprint density at radius 2 is 1.20 bits per heavy atom. The van der Waals surface area contributed by atoms with Gasteiger partial charge in [0.25, 0.3) is 0 Å². The van der Waals surface area contributed by atoms with E-state index in [-0.39, 0.29) is 6.04 Å². The van der Waals surface area contributed by atoms with Crippen LogP contribution in [0.4, 0.5) is 0 Å². The van der Waals surface area contributed by atoms with E-state index in [1.54, 1.807) is 0 Å². The predicted molar refractivity (Wildman–Crippen MR) is 80.8 cm³/mol. The summed E-state index contributed by atoms with van der Waals surface area (Å²) < 4.78 is 12.0. The number of hydrogen-bond acceptors (Lipinski definition) is 3. The zero-order valence-electron chi connectivity index (χ0n) is 12.2. The maximum absolute atomic E-state index is 5.98. The second kappa shape index (κ2) is 6.44. The van der Waals surface area contributed by atoms with Crippen molar-refractivity contribution in [2.24, 2.45) is 0 Å². The molecule has 2 rings (SSSR count). The topological polar surface area (TPSA) is 30.5 Å². The molecule has 0 amide bonds. The molecule has 20 heavy (non-hydrogen) atoms. The maximum atomic E-state index is 5.98. The highest BCUT2D eigenvalue weighted by molar-refractivity contribution is 5.24. The van der Waals surface area contributed by atoms with Gasteiger partial charge in [-0.25, -0.2) is 5.32 Å². The van der Waals surface area contributed by atoms with E-state index in [9.17, 15) is 0 Å². The third-order valence-corrected chi connectivity index (χ3v) is 2.66. The number of hydrogen-bond donors (Lipinski definition) is 1. The summed E-state index contributed by atoms with van der Waals surface area (Å²) in [6, 6.07) is 19.5. The van der Waals surface area contributed by atoms with Crippen LogP contribution in [0.3, 0.4) is 0 Å². The molecule has 0 atom stereocenters. The van der Waals surface area contributed by atoms with Gasteiger partial charge in [0.1, 0.15) is 11.5 Å². The molecule has 0 heterocycles. The van der Waals surface area contributed by atoms with Crippen LogP contribution >= 0.6 is 0 Å². The van der Waals surface area contributed by atoms with Gasteiger partial charge in [-0.2, -0.15) is 0 Å². The summed E-state index contributed by atoms with van der Waals surface area (Å²) in [7, 11) is 0. The van der Waals surface area contributed by atoms with Crippen molar-refractivity contribution < 1.29 is 9.47 Å². The standard InChI is InChI=1S/C17H21NO2/c1-14(2)18-17(3,19-15-10-6-4-7-11-15)20-16-12-8-5-9-13-16/h4-14,18H,1-3H3. The SMILES string of the molecule is CC(C)NC(C)(Oc1ccccc1)Oc1ccccc1. The van der Waals surface area contributed by atoms with Gasteiger partial charge in [-0.1, -0.05) is 36.4 Å². The molecule has 0 radical (unpaired) electrons. The van der Waals surface area contributed by atoms with Gasteiger partial charge in [0, 0.05) is 13.0 Å². The van der Waals surface area contributed by atoms with Gasteiger partial charge in [0.15, 0.2) is 0 Å². The van der Waals surface area contributed by atoms with E-state index in [0.29, 0.717) is 0 Å². The molecule has 106 valence electrons. The third kappa shape index (κ3) is 4.28. The van der Waals surface area contributed by atoms with Crippen molar-refractivity contribution in [1.29, 1.82) is 0 Å². The van der Waals surface area contributed by atoms with Crippen LogP contribution in [0, 0.1) is 0 Å². The number of para-hydroxylation sites is 2. The number of rotatable bonds is 6. The number of nitrogens with one attached hydrogen (secondary N) is 1. The third-order valence-electron chi connectivity index (χ3n) is 2.66. The summed E-state index contributed by atoms with van der Waals surface area (Å²) in [5.74, 6) is 0.606. The Kier molecular flexibility index (Phi) is 4.64. The average Bonchev–Trinajstić information content (AvgIpc) is 2.39. The van der Waals surface area contributed by atoms with E-state index >= 15 is 0 Å². The van der Waals surface area contributed by atoms with Crippen molar-refractivity contribution in [2.45, 2.75) is 32.7 Å². The van der Waals surface area contributed by atoms with Gasteiger partial charge < -0.3 is 9.47 Å². The van der Waals surface area contributed by atoms with Crippen LogP contribution in [0.5, 0.6) is 11.5 Å². The molecule has 2 aromatic rings. The lowest BCUT2D eigenvalue weighted by atomic mass is 10.3. The first-order valence-electron chi connectivity index (χ1n) is 6.83. The van der Waals surface area contributed by atoms with Crippen LogP contribution in [0.2, 0.25) is 0 Å². The second-order valence-electron chi connectivity index (χ2n) is 5.07. The van der Waals surface area contributed by atoms with Crippen LogP contribution < -0.4 is 14.8 Å². The van der Waals surface area contributed by atoms with Crippen molar-refractivity contribution in [1.82, 2.24) is 5.32 Å². The number of ether oxygens (including phenoxy) is 2. The van der Waals surface area contributed by atoms with Crippen molar-refractivity contribution in [2.75, 3.05) is 0 Å². The summed E-state index contributed by atoms with van der Waals surface area (Å²) >= 11 is 0. The largest absolute Gasteiger partial charge is 0.440 e. The lowest BCUT2D eigenvalue weighted by molar-refractivity contribution is -0.129. The molecule has 0 fully saturated rings. The van der Waals surface area contributed by atoms with Crippen molar-refractivity contribution in [3.8, 4) is 11.5 Å². The lowest BCUT2D eigenvalue weighted by Crippen LogP contribution is -2.55. The smallest absolute Gasteiger partial charge is 0.310 e. The van der Waals surface area contributed by atoms with Gasteiger partial charge in [-0.3, -0.25) is 0 Å². The van der Waals surface area contributed by atoms with Gasteiger partial charge in [0.2, 0.25) is 0 Å². The van der Waals surface area contributed by atoms with Crippen LogP contribution in [-0.2, 0) is 0 Å². The molecule has 0 aliphatic carbocycles. The molecule has 3 heteroatoms. The normalized spacial score (nSPS) is 11.4. The number of benzene rings is 2. The first-order chi connectivity index (χ1) is 9.57. The first-order valence-corrected chi connectivity index (χ1v) is 6.83. The maximum Gasteiger partial charge on any atom is 0.310 e. The zero-order chi connectivity index (χ0) is 14.4. The fourth-order valence-electron chi connectivity index (χ4n) is 2.03. The summed E-state index contributed by atoms with van der Waals surface area (Å²) in [6.45, 7) is 5.99. The van der Waals surface area contributed by atoms with E-state index in [1.165, 1.54) is 0 Å². The van der Waals surface area contributed by atoms with Crippen LogP contribution in [0.25, 0.3) is 0 Å². The molecule has 0 aromatic heterocycles. The molecule has 0 unspecified atom stereocenters. The molecule has 0 bridgehead atoms. The van der Waals surface area contributed by atoms with Crippen molar-refractivity contribution >= 4 is 0 Å². The molecule has 0 aliphatic heterocycles. The van der Waals surface area contributed by atoms with E-state index in [2.05, 4.69) is 19.2 Å². The first kappa shape index (κ1) is 14.4. The lowest BCUT2D eigenvalue weighted by Gasteiger charge is -2.33. The quantitative estimate of drug-likeness (QED) is 0.810. The van der Waals surface area contributed by atoms with E-state index in [4.69, 9.17) is 9.47 Å². The highest BCUT2D eigenvalue weighted by atomic mass is 16.7. The van der Waals surface area contributed by atoms with E-state index in [0.717, 1.165) is 11.5 Å². The average molecular weight is 271 g/mol. The Hall–Kier alpha value is -2.00. The molecule has 0 saturated heterocycles. The van der Waals surface area contributed by atoms with Crippen LogP contribution in [-0.4, -0.2) is 12.0 Å². The monoisotopic (exact) mass is 271 g/mol. The molecular weight excluding hydrogens is 250 g/mol. The molecular formula is C17H21NO2. The molecule has 0 spiro atoms. The van der Waals surface area contributed by atoms with Crippen molar-refractivity contribution in [3.63, 3.8) is 0 Å². The second-order valence-corrected chi connectivity index (χ2v) is 5.07. The molecule has 3 nitrogen and oxygen atoms in total. The summed E-state index contributed by atoms with van der Waals surface area (Å²) in [4.78, 5) is 0. The minimum atomic E-state index is -0.920. The van der Waals surface area contributed by atoms with Crippen LogP contribution in [0.1, 0.15) is 20.8 Å². The molecule has 0 aliphatic rings. The summed E-state index contributed by atoms with van der Waals surface area (Å²) in [6.07, 6.45) is 0. The molecule has 1 N–H and O–H groups in total. The minimum Gasteiger partial charge on any atom is -0.440 e. The Morgan fingerprint density at radius 1 is 0.800 bits per heavy atom. The molecule has 0 saturated carbocycles. The zero-order valence-corrected chi connectivity index (χ0v) is 12.2. The fourth-order valence-corrected chi connectivity index (χ4v) is 2.03. The van der Waals surface area contributed by atoms with Gasteiger partial charge in [-0.15, -0.1) is 0 Å². The van der Waals surface area contributed by atoms with E-state index < -0.39 is 5.91 Å². The highest BCUT2D eigenvalue weighted by Gasteiger charge is 2.29. The van der Waals surface area contributed by atoms with Gasteiger partial charge in [0.05, 0.1) is 0 Å². The predicted octanol–water partition coefficient (Wildman–Crippen LogP) is 3.82. The van der Waals surface area contributed by atoms with Crippen molar-refractivity contribution in [3.05, 3.63) is 60.7 Å². The Labute approximate surface area is 120 Å². The Balaban J connectivity index is 2.17. The summed E-state index contributed by atoms with van der Waals surface area (Å²) in [5, 5.41) is 3.31. The van der Waals surface area contributed by atoms with Gasteiger partial charge >= 0.3 is 5.91 Å².